The Hall–Kier alpha value is -3.60. The molecule has 27 heavy (non-hydrogen) atoms. The third-order valence-electron chi connectivity index (χ3n) is 3.94. The number of hydrogen-bond acceptors (Lipinski definition) is 4. The molecule has 5 heteroatoms. The zero-order chi connectivity index (χ0) is 19.1. The van der Waals surface area contributed by atoms with Gasteiger partial charge in [-0.1, -0.05) is 42.5 Å². The molecule has 0 aliphatic carbocycles. The van der Waals surface area contributed by atoms with Gasteiger partial charge in [0.1, 0.15) is 12.4 Å². The maximum atomic E-state index is 12.5. The first-order valence-corrected chi connectivity index (χ1v) is 8.43. The van der Waals surface area contributed by atoms with Gasteiger partial charge in [0.25, 0.3) is 5.91 Å². The molecule has 1 N–H and O–H groups in total. The van der Waals surface area contributed by atoms with Gasteiger partial charge in [-0.25, -0.2) is 4.79 Å². The number of rotatable bonds is 6. The zero-order valence-corrected chi connectivity index (χ0v) is 14.8. The summed E-state index contributed by atoms with van der Waals surface area (Å²) >= 11 is 0. The highest BCUT2D eigenvalue weighted by molar-refractivity contribution is 6.07. The van der Waals surface area contributed by atoms with Crippen LogP contribution in [0.4, 0.5) is 5.69 Å². The summed E-state index contributed by atoms with van der Waals surface area (Å²) in [5.74, 6) is -0.107. The fraction of sp³-hybridized carbons (Fsp3) is 0.0909. The van der Waals surface area contributed by atoms with E-state index >= 15 is 0 Å². The fourth-order valence-corrected chi connectivity index (χ4v) is 2.54. The molecule has 0 fully saturated rings. The summed E-state index contributed by atoms with van der Waals surface area (Å²) < 4.78 is 10.6. The quantitative estimate of drug-likeness (QED) is 0.665. The Bertz CT molecular complexity index is 938. The molecule has 0 saturated carbocycles. The molecule has 0 aliphatic heterocycles. The van der Waals surface area contributed by atoms with Crippen molar-refractivity contribution in [2.24, 2.45) is 0 Å². The van der Waals surface area contributed by atoms with Crippen molar-refractivity contribution in [3.63, 3.8) is 0 Å². The highest BCUT2D eigenvalue weighted by Gasteiger charge is 2.15. The van der Waals surface area contributed by atoms with Gasteiger partial charge in [-0.15, -0.1) is 0 Å². The van der Waals surface area contributed by atoms with Crippen LogP contribution in [0.1, 0.15) is 26.3 Å². The molecule has 0 spiro atoms. The van der Waals surface area contributed by atoms with Gasteiger partial charge in [0, 0.05) is 5.56 Å². The number of benzene rings is 3. The van der Waals surface area contributed by atoms with Crippen LogP contribution in [0.3, 0.4) is 0 Å². The molecule has 3 aromatic carbocycles. The van der Waals surface area contributed by atoms with Crippen LogP contribution in [0.15, 0.2) is 78.9 Å². The molecule has 3 aromatic rings. The molecule has 1 amide bonds. The van der Waals surface area contributed by atoms with Crippen LogP contribution in [0.25, 0.3) is 0 Å². The Balaban J connectivity index is 1.71. The smallest absolute Gasteiger partial charge is 0.340 e. The number of carbonyl (C=O) groups is 2. The van der Waals surface area contributed by atoms with E-state index in [-0.39, 0.29) is 12.5 Å². The number of hydrogen-bond donors (Lipinski definition) is 1. The van der Waals surface area contributed by atoms with Crippen molar-refractivity contribution in [2.75, 3.05) is 12.4 Å². The highest BCUT2D eigenvalue weighted by atomic mass is 16.5. The lowest BCUT2D eigenvalue weighted by Crippen LogP contribution is -2.15. The summed E-state index contributed by atoms with van der Waals surface area (Å²) in [6, 6.07) is 22.9. The van der Waals surface area contributed by atoms with Crippen molar-refractivity contribution in [3.8, 4) is 5.75 Å². The fourth-order valence-electron chi connectivity index (χ4n) is 2.54. The topological polar surface area (TPSA) is 64.6 Å². The monoisotopic (exact) mass is 361 g/mol. The minimum absolute atomic E-state index is 0.108. The molecule has 136 valence electrons. The molecule has 0 radical (unpaired) electrons. The van der Waals surface area contributed by atoms with Gasteiger partial charge < -0.3 is 14.8 Å². The summed E-state index contributed by atoms with van der Waals surface area (Å²) in [6.45, 7) is 0.108. The van der Waals surface area contributed by atoms with Crippen molar-refractivity contribution >= 4 is 17.6 Å². The second-order valence-corrected chi connectivity index (χ2v) is 5.79. The first-order chi connectivity index (χ1) is 13.2. The average molecular weight is 361 g/mol. The average Bonchev–Trinajstić information content (AvgIpc) is 2.73. The third kappa shape index (κ3) is 4.73. The van der Waals surface area contributed by atoms with Crippen LogP contribution in [0.2, 0.25) is 0 Å². The Morgan fingerprint density at radius 1 is 0.889 bits per heavy atom. The van der Waals surface area contributed by atoms with E-state index in [9.17, 15) is 9.59 Å². The van der Waals surface area contributed by atoms with Gasteiger partial charge in [0.2, 0.25) is 0 Å². The number of carbonyl (C=O) groups excluding carboxylic acids is 2. The number of amides is 1. The number of esters is 1. The van der Waals surface area contributed by atoms with Crippen molar-refractivity contribution in [1.82, 2.24) is 0 Å². The van der Waals surface area contributed by atoms with Crippen molar-refractivity contribution < 1.29 is 19.1 Å². The molecule has 0 aromatic heterocycles. The van der Waals surface area contributed by atoms with Gasteiger partial charge in [-0.3, -0.25) is 4.79 Å². The maximum Gasteiger partial charge on any atom is 0.340 e. The number of ether oxygens (including phenoxy) is 2. The number of anilines is 1. The first-order valence-electron chi connectivity index (χ1n) is 8.43. The van der Waals surface area contributed by atoms with Crippen LogP contribution >= 0.6 is 0 Å². The lowest BCUT2D eigenvalue weighted by molar-refractivity contribution is 0.0473. The van der Waals surface area contributed by atoms with E-state index in [0.29, 0.717) is 22.6 Å². The van der Waals surface area contributed by atoms with Crippen LogP contribution in [0.5, 0.6) is 5.75 Å². The standard InChI is InChI=1S/C22H19NO4/c1-26-18-11-7-8-16(14-18)15-27-22(25)19-12-5-6-13-20(19)23-21(24)17-9-3-2-4-10-17/h2-14H,15H2,1H3,(H,23,24). The van der Waals surface area contributed by atoms with Crippen LogP contribution in [0, 0.1) is 0 Å². The van der Waals surface area contributed by atoms with E-state index < -0.39 is 5.97 Å². The molecule has 3 rings (SSSR count). The van der Waals surface area contributed by atoms with Crippen LogP contribution in [-0.2, 0) is 11.3 Å². The second kappa shape index (κ2) is 8.67. The number of nitrogens with one attached hydrogen (secondary N) is 1. The molecule has 0 bridgehead atoms. The maximum absolute atomic E-state index is 12.5. The number of para-hydroxylation sites is 1. The van der Waals surface area contributed by atoms with E-state index in [1.54, 1.807) is 61.7 Å². The summed E-state index contributed by atoms with van der Waals surface area (Å²) in [5.41, 5.74) is 2.03. The van der Waals surface area contributed by atoms with E-state index in [2.05, 4.69) is 5.32 Å². The molecule has 5 nitrogen and oxygen atoms in total. The van der Waals surface area contributed by atoms with Crippen LogP contribution < -0.4 is 10.1 Å². The molecule has 0 saturated heterocycles. The second-order valence-electron chi connectivity index (χ2n) is 5.79. The highest BCUT2D eigenvalue weighted by Crippen LogP contribution is 2.19. The van der Waals surface area contributed by atoms with Gasteiger partial charge in [-0.2, -0.15) is 0 Å². The summed E-state index contributed by atoms with van der Waals surface area (Å²) in [7, 11) is 1.58. The molecular weight excluding hydrogens is 342 g/mol. The minimum atomic E-state index is -0.512. The van der Waals surface area contributed by atoms with Crippen molar-refractivity contribution in [3.05, 3.63) is 95.6 Å². The van der Waals surface area contributed by atoms with Gasteiger partial charge in [0.05, 0.1) is 18.4 Å². The zero-order valence-electron chi connectivity index (χ0n) is 14.8. The third-order valence-corrected chi connectivity index (χ3v) is 3.94. The Morgan fingerprint density at radius 3 is 2.41 bits per heavy atom. The van der Waals surface area contributed by atoms with Gasteiger partial charge in [0.15, 0.2) is 0 Å². The normalized spacial score (nSPS) is 10.1. The Kier molecular flexibility index (Phi) is 5.84. The minimum Gasteiger partial charge on any atom is -0.497 e. The number of methoxy groups -OCH3 is 1. The van der Waals surface area contributed by atoms with Crippen LogP contribution in [-0.4, -0.2) is 19.0 Å². The van der Waals surface area contributed by atoms with Gasteiger partial charge in [-0.05, 0) is 42.0 Å². The van der Waals surface area contributed by atoms with E-state index in [4.69, 9.17) is 9.47 Å². The molecule has 0 aliphatic rings. The summed E-state index contributed by atoms with van der Waals surface area (Å²) in [6.07, 6.45) is 0. The van der Waals surface area contributed by atoms with Gasteiger partial charge >= 0.3 is 5.97 Å². The van der Waals surface area contributed by atoms with Crippen molar-refractivity contribution in [2.45, 2.75) is 6.61 Å². The Labute approximate surface area is 157 Å². The SMILES string of the molecule is COc1cccc(COC(=O)c2ccccc2NC(=O)c2ccccc2)c1. The molecular formula is C22H19NO4. The Morgan fingerprint density at radius 2 is 1.63 bits per heavy atom. The lowest BCUT2D eigenvalue weighted by atomic mass is 10.1. The summed E-state index contributed by atoms with van der Waals surface area (Å²) in [4.78, 5) is 24.9. The van der Waals surface area contributed by atoms with E-state index in [1.165, 1.54) is 0 Å². The molecule has 0 heterocycles. The first kappa shape index (κ1) is 18.2. The largest absolute Gasteiger partial charge is 0.497 e. The van der Waals surface area contributed by atoms with Crippen molar-refractivity contribution in [1.29, 1.82) is 0 Å². The summed E-state index contributed by atoms with van der Waals surface area (Å²) in [5, 5.41) is 2.76. The van der Waals surface area contributed by atoms with E-state index in [0.717, 1.165) is 5.56 Å². The lowest BCUT2D eigenvalue weighted by Gasteiger charge is -2.11. The molecule has 0 atom stereocenters. The predicted molar refractivity (Wildman–Crippen MR) is 103 cm³/mol. The predicted octanol–water partition coefficient (Wildman–Crippen LogP) is 4.30. The van der Waals surface area contributed by atoms with E-state index in [1.807, 2.05) is 24.3 Å². The molecule has 0 unspecified atom stereocenters.